The molecule has 0 saturated heterocycles. The smallest absolute Gasteiger partial charge is 0.339 e. The van der Waals surface area contributed by atoms with Crippen LogP contribution in [0.2, 0.25) is 0 Å². The van der Waals surface area contributed by atoms with Gasteiger partial charge in [-0.1, -0.05) is 6.07 Å². The Morgan fingerprint density at radius 1 is 1.19 bits per heavy atom. The number of fused-ring (bicyclic) bond motifs is 2. The molecule has 1 aliphatic rings. The first-order chi connectivity index (χ1) is 13.1. The summed E-state index contributed by atoms with van der Waals surface area (Å²) in [5.41, 5.74) is 1.87. The second-order valence-electron chi connectivity index (χ2n) is 6.11. The molecule has 27 heavy (non-hydrogen) atoms. The molecule has 2 heterocycles. The molecule has 138 valence electrons. The molecule has 1 aliphatic heterocycles. The average Bonchev–Trinajstić information content (AvgIpc) is 3.14. The molecule has 0 atom stereocenters. The number of aromatic nitrogens is 1. The van der Waals surface area contributed by atoms with Crippen molar-refractivity contribution in [1.29, 1.82) is 0 Å². The Balaban J connectivity index is 1.54. The lowest BCUT2D eigenvalue weighted by atomic mass is 10.1. The van der Waals surface area contributed by atoms with Crippen LogP contribution in [0, 0.1) is 0 Å². The number of aromatic carboxylic acids is 1. The molecule has 0 amide bonds. The van der Waals surface area contributed by atoms with Crippen molar-refractivity contribution in [2.45, 2.75) is 6.42 Å². The van der Waals surface area contributed by atoms with Crippen LogP contribution < -0.4 is 19.5 Å². The van der Waals surface area contributed by atoms with E-state index in [-0.39, 0.29) is 12.4 Å². The number of nitrogens with one attached hydrogen (secondary N) is 1. The topological polar surface area (TPSA) is 89.9 Å². The van der Waals surface area contributed by atoms with E-state index in [0.717, 1.165) is 22.4 Å². The van der Waals surface area contributed by atoms with E-state index in [1.54, 1.807) is 31.4 Å². The van der Waals surface area contributed by atoms with Crippen molar-refractivity contribution < 1.29 is 24.1 Å². The number of ether oxygens (including phenoxy) is 3. The Kier molecular flexibility index (Phi) is 4.42. The van der Waals surface area contributed by atoms with Gasteiger partial charge in [-0.25, -0.2) is 9.78 Å². The van der Waals surface area contributed by atoms with Crippen molar-refractivity contribution in [3.05, 3.63) is 53.6 Å². The molecule has 7 heteroatoms. The number of nitrogens with zero attached hydrogens (tertiary/aromatic N) is 1. The van der Waals surface area contributed by atoms with E-state index in [9.17, 15) is 9.90 Å². The Bertz CT molecular complexity index is 1020. The molecule has 0 fully saturated rings. The normalized spacial score (nSPS) is 12.2. The Labute approximate surface area is 155 Å². The molecule has 0 spiro atoms. The van der Waals surface area contributed by atoms with Gasteiger partial charge in [-0.3, -0.25) is 0 Å². The van der Waals surface area contributed by atoms with Crippen LogP contribution >= 0.6 is 0 Å². The van der Waals surface area contributed by atoms with Crippen molar-refractivity contribution >= 4 is 22.7 Å². The molecule has 2 N–H and O–H groups in total. The summed E-state index contributed by atoms with van der Waals surface area (Å²) in [5.74, 6) is 1.46. The first-order valence-corrected chi connectivity index (χ1v) is 8.48. The van der Waals surface area contributed by atoms with Crippen molar-refractivity contribution in [2.24, 2.45) is 0 Å². The zero-order valence-corrected chi connectivity index (χ0v) is 14.7. The maximum atomic E-state index is 11.6. The molecule has 0 unspecified atom stereocenters. The van der Waals surface area contributed by atoms with E-state index in [1.807, 2.05) is 18.2 Å². The lowest BCUT2D eigenvalue weighted by molar-refractivity contribution is 0.0697. The summed E-state index contributed by atoms with van der Waals surface area (Å²) in [6.07, 6.45) is 0.688. The first-order valence-electron chi connectivity index (χ1n) is 8.48. The number of hydrogen-bond donors (Lipinski definition) is 2. The Hall–Kier alpha value is -3.48. The van der Waals surface area contributed by atoms with E-state index < -0.39 is 5.97 Å². The minimum Gasteiger partial charge on any atom is -0.497 e. The highest BCUT2D eigenvalue weighted by Gasteiger charge is 2.15. The minimum atomic E-state index is -1.02. The Morgan fingerprint density at radius 2 is 2.04 bits per heavy atom. The number of methoxy groups -OCH3 is 1. The summed E-state index contributed by atoms with van der Waals surface area (Å²) in [7, 11) is 1.58. The van der Waals surface area contributed by atoms with Crippen LogP contribution in [0.5, 0.6) is 17.2 Å². The van der Waals surface area contributed by atoms with Gasteiger partial charge in [0.05, 0.1) is 12.6 Å². The zero-order chi connectivity index (χ0) is 18.8. The van der Waals surface area contributed by atoms with Crippen LogP contribution in [0.3, 0.4) is 0 Å². The highest BCUT2D eigenvalue weighted by Crippen LogP contribution is 2.32. The lowest BCUT2D eigenvalue weighted by Gasteiger charge is -2.11. The minimum absolute atomic E-state index is 0.137. The van der Waals surface area contributed by atoms with E-state index in [1.165, 1.54) is 0 Å². The standard InChI is InChI=1S/C20H18N2O5/c1-25-14-4-3-13-9-15(20(23)24)19(22-16(13)10-14)21-7-6-12-2-5-17-18(8-12)27-11-26-17/h2-5,8-10H,6-7,11H2,1H3,(H,21,22)(H,23,24). The molecule has 0 radical (unpaired) electrons. The quantitative estimate of drug-likeness (QED) is 0.691. The van der Waals surface area contributed by atoms with Crippen LogP contribution in [0.4, 0.5) is 5.82 Å². The van der Waals surface area contributed by atoms with Gasteiger partial charge in [0, 0.05) is 18.0 Å². The molecular weight excluding hydrogens is 348 g/mol. The van der Waals surface area contributed by atoms with Gasteiger partial charge in [-0.05, 0) is 42.3 Å². The highest BCUT2D eigenvalue weighted by molar-refractivity contribution is 5.98. The fourth-order valence-electron chi connectivity index (χ4n) is 2.99. The van der Waals surface area contributed by atoms with Gasteiger partial charge in [0.15, 0.2) is 11.5 Å². The number of carboxylic acids is 1. The van der Waals surface area contributed by atoms with Gasteiger partial charge in [-0.15, -0.1) is 0 Å². The summed E-state index contributed by atoms with van der Waals surface area (Å²) < 4.78 is 15.9. The van der Waals surface area contributed by atoms with E-state index in [2.05, 4.69) is 10.3 Å². The average molecular weight is 366 g/mol. The summed E-state index contributed by atoms with van der Waals surface area (Å²) in [6, 6.07) is 12.7. The summed E-state index contributed by atoms with van der Waals surface area (Å²) in [6.45, 7) is 0.770. The Morgan fingerprint density at radius 3 is 2.85 bits per heavy atom. The third-order valence-electron chi connectivity index (χ3n) is 4.40. The van der Waals surface area contributed by atoms with Crippen molar-refractivity contribution in [3.8, 4) is 17.2 Å². The van der Waals surface area contributed by atoms with Gasteiger partial charge in [0.2, 0.25) is 6.79 Å². The first kappa shape index (κ1) is 17.0. The number of anilines is 1. The zero-order valence-electron chi connectivity index (χ0n) is 14.7. The van der Waals surface area contributed by atoms with Crippen LogP contribution in [0.15, 0.2) is 42.5 Å². The molecular formula is C20H18N2O5. The van der Waals surface area contributed by atoms with Gasteiger partial charge in [0.25, 0.3) is 0 Å². The lowest BCUT2D eigenvalue weighted by Crippen LogP contribution is -2.11. The fourth-order valence-corrected chi connectivity index (χ4v) is 2.99. The van der Waals surface area contributed by atoms with Gasteiger partial charge in [-0.2, -0.15) is 0 Å². The fraction of sp³-hybridized carbons (Fsp3) is 0.200. The molecule has 2 aromatic carbocycles. The summed E-state index contributed by atoms with van der Waals surface area (Å²) >= 11 is 0. The van der Waals surface area contributed by atoms with Crippen LogP contribution in [-0.4, -0.2) is 36.5 Å². The molecule has 0 saturated carbocycles. The molecule has 3 aromatic rings. The second-order valence-corrected chi connectivity index (χ2v) is 6.11. The maximum Gasteiger partial charge on any atom is 0.339 e. The predicted molar refractivity (Wildman–Crippen MR) is 100 cm³/mol. The second kappa shape index (κ2) is 7.03. The maximum absolute atomic E-state index is 11.6. The van der Waals surface area contributed by atoms with Crippen molar-refractivity contribution in [1.82, 2.24) is 4.98 Å². The summed E-state index contributed by atoms with van der Waals surface area (Å²) in [5, 5.41) is 13.4. The number of rotatable bonds is 6. The SMILES string of the molecule is COc1ccc2cc(C(=O)O)c(NCCc3ccc4c(c3)OCO4)nc2c1. The number of carboxylic acid groups (broad SMARTS) is 1. The molecule has 1 aromatic heterocycles. The number of pyridine rings is 1. The summed E-state index contributed by atoms with van der Waals surface area (Å²) in [4.78, 5) is 16.1. The van der Waals surface area contributed by atoms with Crippen LogP contribution in [0.1, 0.15) is 15.9 Å². The molecule has 4 rings (SSSR count). The van der Waals surface area contributed by atoms with Crippen molar-refractivity contribution in [3.63, 3.8) is 0 Å². The number of carbonyl (C=O) groups is 1. The van der Waals surface area contributed by atoms with Crippen LogP contribution in [-0.2, 0) is 6.42 Å². The molecule has 0 bridgehead atoms. The monoisotopic (exact) mass is 366 g/mol. The number of benzene rings is 2. The number of hydrogen-bond acceptors (Lipinski definition) is 6. The van der Waals surface area contributed by atoms with Crippen LogP contribution in [0.25, 0.3) is 10.9 Å². The van der Waals surface area contributed by atoms with Crippen molar-refractivity contribution in [2.75, 3.05) is 25.8 Å². The largest absolute Gasteiger partial charge is 0.497 e. The van der Waals surface area contributed by atoms with Gasteiger partial charge < -0.3 is 24.6 Å². The van der Waals surface area contributed by atoms with Gasteiger partial charge >= 0.3 is 5.97 Å². The molecule has 0 aliphatic carbocycles. The molecule has 7 nitrogen and oxygen atoms in total. The van der Waals surface area contributed by atoms with Gasteiger partial charge in [0.1, 0.15) is 17.1 Å². The van der Waals surface area contributed by atoms with E-state index in [0.29, 0.717) is 30.0 Å². The predicted octanol–water partition coefficient (Wildman–Crippen LogP) is 3.32. The third-order valence-corrected chi connectivity index (χ3v) is 4.40. The van der Waals surface area contributed by atoms with E-state index in [4.69, 9.17) is 14.2 Å². The van der Waals surface area contributed by atoms with E-state index >= 15 is 0 Å². The highest BCUT2D eigenvalue weighted by atomic mass is 16.7. The third kappa shape index (κ3) is 3.44.